The summed E-state index contributed by atoms with van der Waals surface area (Å²) < 4.78 is 0. The number of nitrogens with two attached hydrogens (primary N) is 2. The molecule has 0 unspecified atom stereocenters. The maximum absolute atomic E-state index is 3.43. The van der Waals surface area contributed by atoms with E-state index in [-0.39, 0.29) is 0 Å². The van der Waals surface area contributed by atoms with E-state index in [2.05, 4.69) is 125 Å². The second kappa shape index (κ2) is 9.27. The molecule has 0 amide bonds. The number of quaternary nitrogens is 2. The van der Waals surface area contributed by atoms with E-state index >= 15 is 0 Å². The largest absolute Gasteiger partial charge is 0.388 e. The molecule has 30 heavy (non-hydrogen) atoms. The van der Waals surface area contributed by atoms with Gasteiger partial charge in [0.2, 0.25) is 0 Å². The molecule has 0 saturated heterocycles. The lowest BCUT2D eigenvalue weighted by Crippen LogP contribution is -2.72. The third kappa shape index (κ3) is 5.26. The van der Waals surface area contributed by atoms with Gasteiger partial charge in [-0.05, 0) is 55.5 Å². The minimum atomic E-state index is 1.08. The van der Waals surface area contributed by atoms with E-state index in [1.54, 1.807) is 0 Å². The molecular weight excluding hydrogens is 368 g/mol. The topological polar surface area (TPSA) is 57.3 Å². The van der Waals surface area contributed by atoms with Crippen LogP contribution in [0.4, 0.5) is 39.8 Å². The standard InChI is InChI=1S/C26H26N4/c1-19-3-5-21(6-4-19)28-23-11-13-25(14-12-23)30-26-17-15-24(16-18-26)29-22-9-7-20(27-2)8-10-22/h3-18,27-30H,1-2H3/p+2. The number of hydrogen-bond donors (Lipinski definition) is 4. The Bertz CT molecular complexity index is 1070. The van der Waals surface area contributed by atoms with Crippen molar-refractivity contribution in [1.29, 1.82) is 0 Å². The molecule has 0 fully saturated rings. The maximum Gasteiger partial charge on any atom is 0.135 e. The number of benzene rings is 4. The second-order valence-electron chi connectivity index (χ2n) is 7.44. The van der Waals surface area contributed by atoms with E-state index in [0.29, 0.717) is 0 Å². The Morgan fingerprint density at radius 1 is 0.467 bits per heavy atom. The Morgan fingerprint density at radius 3 is 1.23 bits per heavy atom. The molecule has 0 aromatic heterocycles. The second-order valence-corrected chi connectivity index (χ2v) is 7.44. The third-order valence-electron chi connectivity index (χ3n) is 5.05. The molecule has 0 aliphatic carbocycles. The first-order valence-corrected chi connectivity index (χ1v) is 10.2. The van der Waals surface area contributed by atoms with Crippen molar-refractivity contribution in [1.82, 2.24) is 0 Å². The van der Waals surface area contributed by atoms with Crippen LogP contribution in [0.25, 0.3) is 0 Å². The van der Waals surface area contributed by atoms with Crippen molar-refractivity contribution in [2.75, 3.05) is 17.7 Å². The lowest BCUT2D eigenvalue weighted by atomic mass is 10.2. The summed E-state index contributed by atoms with van der Waals surface area (Å²) in [7, 11) is 1.92. The monoisotopic (exact) mass is 396 g/mol. The van der Waals surface area contributed by atoms with Crippen molar-refractivity contribution in [2.24, 2.45) is 0 Å². The van der Waals surface area contributed by atoms with Gasteiger partial charge in [0.1, 0.15) is 22.7 Å². The van der Waals surface area contributed by atoms with Crippen molar-refractivity contribution in [2.45, 2.75) is 6.92 Å². The summed E-state index contributed by atoms with van der Waals surface area (Å²) in [6, 6.07) is 34.0. The zero-order chi connectivity index (χ0) is 20.8. The molecular formula is C26H28N4+2. The van der Waals surface area contributed by atoms with E-state index in [1.807, 2.05) is 7.05 Å². The summed E-state index contributed by atoms with van der Waals surface area (Å²) >= 11 is 0. The average molecular weight is 397 g/mol. The highest BCUT2D eigenvalue weighted by Crippen LogP contribution is 2.20. The van der Waals surface area contributed by atoms with Crippen LogP contribution in [0.15, 0.2) is 97.1 Å². The smallest absolute Gasteiger partial charge is 0.135 e. The zero-order valence-electron chi connectivity index (χ0n) is 17.4. The predicted octanol–water partition coefficient (Wildman–Crippen LogP) is 4.83. The summed E-state index contributed by atoms with van der Waals surface area (Å²) in [4.78, 5) is 0. The van der Waals surface area contributed by atoms with Crippen LogP contribution < -0.4 is 21.3 Å². The number of rotatable bonds is 7. The van der Waals surface area contributed by atoms with Crippen molar-refractivity contribution in [3.8, 4) is 0 Å². The quantitative estimate of drug-likeness (QED) is 0.338. The Kier molecular flexibility index (Phi) is 6.09. The van der Waals surface area contributed by atoms with Crippen LogP contribution in [0.3, 0.4) is 0 Å². The van der Waals surface area contributed by atoms with Gasteiger partial charge in [0.15, 0.2) is 0 Å². The van der Waals surface area contributed by atoms with Gasteiger partial charge in [-0.25, -0.2) is 0 Å². The number of aryl methyl sites for hydroxylation is 1. The molecule has 4 aromatic carbocycles. The van der Waals surface area contributed by atoms with Crippen molar-refractivity contribution in [3.05, 3.63) is 103 Å². The van der Waals surface area contributed by atoms with E-state index in [4.69, 9.17) is 0 Å². The molecule has 0 radical (unpaired) electrons. The average Bonchev–Trinajstić information content (AvgIpc) is 2.78. The van der Waals surface area contributed by atoms with E-state index < -0.39 is 0 Å². The van der Waals surface area contributed by atoms with Crippen molar-refractivity contribution in [3.63, 3.8) is 0 Å². The molecule has 150 valence electrons. The highest BCUT2D eigenvalue weighted by Gasteiger charge is 2.05. The van der Waals surface area contributed by atoms with Crippen molar-refractivity contribution >= 4 is 39.8 Å². The Hall–Kier alpha value is -3.60. The first kappa shape index (κ1) is 19.7. The van der Waals surface area contributed by atoms with E-state index in [1.165, 1.54) is 28.3 Å². The molecule has 0 bridgehead atoms. The SMILES string of the molecule is CNc1ccc(Nc2ccc([NH2+]c3ccc([NH2+]c4ccc(C)cc4)cc3)cc2)cc1. The van der Waals surface area contributed by atoms with Gasteiger partial charge in [0, 0.05) is 60.5 Å². The van der Waals surface area contributed by atoms with Gasteiger partial charge >= 0.3 is 0 Å². The van der Waals surface area contributed by atoms with Crippen LogP contribution in [0.1, 0.15) is 5.56 Å². The van der Waals surface area contributed by atoms with Gasteiger partial charge in [0.25, 0.3) is 0 Å². The van der Waals surface area contributed by atoms with E-state index in [0.717, 1.165) is 17.1 Å². The normalized spacial score (nSPS) is 10.6. The summed E-state index contributed by atoms with van der Waals surface area (Å²) in [6.45, 7) is 2.11. The van der Waals surface area contributed by atoms with Gasteiger partial charge in [0.05, 0.1) is 0 Å². The summed E-state index contributed by atoms with van der Waals surface area (Å²) in [5, 5.41) is 11.0. The molecule has 4 nitrogen and oxygen atoms in total. The zero-order valence-corrected chi connectivity index (χ0v) is 17.4. The minimum absolute atomic E-state index is 1.08. The Balaban J connectivity index is 1.35. The fourth-order valence-corrected chi connectivity index (χ4v) is 3.29. The highest BCUT2D eigenvalue weighted by molar-refractivity contribution is 5.63. The number of nitrogens with one attached hydrogen (secondary N) is 2. The van der Waals surface area contributed by atoms with Gasteiger partial charge in [-0.2, -0.15) is 0 Å². The summed E-state index contributed by atoms with van der Waals surface area (Å²) in [5.41, 5.74) is 9.35. The van der Waals surface area contributed by atoms with Crippen LogP contribution in [-0.2, 0) is 0 Å². The lowest BCUT2D eigenvalue weighted by Gasteiger charge is -2.08. The fraction of sp³-hybridized carbons (Fsp3) is 0.0769. The highest BCUT2D eigenvalue weighted by atomic mass is 14.9. The first-order valence-electron chi connectivity index (χ1n) is 10.2. The Morgan fingerprint density at radius 2 is 0.800 bits per heavy atom. The minimum Gasteiger partial charge on any atom is -0.388 e. The van der Waals surface area contributed by atoms with E-state index in [9.17, 15) is 0 Å². The molecule has 0 atom stereocenters. The van der Waals surface area contributed by atoms with Crippen molar-refractivity contribution < 1.29 is 10.6 Å². The lowest BCUT2D eigenvalue weighted by molar-refractivity contribution is -0.483. The molecule has 0 aliphatic rings. The van der Waals surface area contributed by atoms with Gasteiger partial charge in [-0.15, -0.1) is 0 Å². The van der Waals surface area contributed by atoms with Crippen LogP contribution >= 0.6 is 0 Å². The van der Waals surface area contributed by atoms with Crippen LogP contribution in [0.2, 0.25) is 0 Å². The van der Waals surface area contributed by atoms with Crippen LogP contribution in [0.5, 0.6) is 0 Å². The Labute approximate surface area is 178 Å². The number of anilines is 3. The van der Waals surface area contributed by atoms with Gasteiger partial charge < -0.3 is 10.6 Å². The van der Waals surface area contributed by atoms with Gasteiger partial charge in [-0.3, -0.25) is 10.6 Å². The molecule has 4 rings (SSSR count). The summed E-state index contributed by atoms with van der Waals surface area (Å²) in [5.74, 6) is 0. The maximum atomic E-state index is 3.43. The van der Waals surface area contributed by atoms with Crippen LogP contribution in [0, 0.1) is 6.92 Å². The molecule has 0 heterocycles. The first-order chi connectivity index (χ1) is 14.7. The fourth-order valence-electron chi connectivity index (χ4n) is 3.29. The molecule has 4 heteroatoms. The van der Waals surface area contributed by atoms with Crippen LogP contribution in [-0.4, -0.2) is 7.05 Å². The third-order valence-corrected chi connectivity index (χ3v) is 5.05. The van der Waals surface area contributed by atoms with Gasteiger partial charge in [-0.1, -0.05) is 17.7 Å². The molecule has 0 spiro atoms. The predicted molar refractivity (Wildman–Crippen MR) is 126 cm³/mol. The number of hydrogen-bond acceptors (Lipinski definition) is 2. The molecule has 6 N–H and O–H groups in total. The molecule has 4 aromatic rings. The molecule has 0 saturated carbocycles. The molecule has 0 aliphatic heterocycles. The summed E-state index contributed by atoms with van der Waals surface area (Å²) in [6.07, 6.45) is 0.